The summed E-state index contributed by atoms with van der Waals surface area (Å²) in [5.41, 5.74) is -1.59. The molecule has 3 rings (SSSR count). The second-order valence-corrected chi connectivity index (χ2v) is 8.06. The number of rotatable bonds is 4. The zero-order valence-corrected chi connectivity index (χ0v) is 13.1. The van der Waals surface area contributed by atoms with Crippen LogP contribution in [0, 0.1) is 5.92 Å². The van der Waals surface area contributed by atoms with E-state index in [-0.39, 0.29) is 0 Å². The van der Waals surface area contributed by atoms with Crippen molar-refractivity contribution in [2.24, 2.45) is 5.92 Å². The number of hydrogen-bond acceptors (Lipinski definition) is 4. The molecule has 0 saturated heterocycles. The van der Waals surface area contributed by atoms with Crippen molar-refractivity contribution < 1.29 is 40.2 Å². The molecule has 0 heterocycles. The predicted molar refractivity (Wildman–Crippen MR) is 71.9 cm³/mol. The van der Waals surface area contributed by atoms with Crippen LogP contribution in [0.2, 0.25) is 0 Å². The lowest BCUT2D eigenvalue weighted by atomic mass is 10.1. The minimum atomic E-state index is -4.25. The number of sulfone groups is 1. The Morgan fingerprint density at radius 3 is 2.33 bits per heavy atom. The van der Waals surface area contributed by atoms with E-state index in [4.69, 9.17) is 4.74 Å². The van der Waals surface area contributed by atoms with E-state index >= 15 is 0 Å². The van der Waals surface area contributed by atoms with Gasteiger partial charge in [0, 0.05) is 23.8 Å². The van der Waals surface area contributed by atoms with Crippen molar-refractivity contribution >= 4 is 9.84 Å². The van der Waals surface area contributed by atoms with Crippen LogP contribution in [-0.2, 0) is 9.84 Å². The van der Waals surface area contributed by atoms with Gasteiger partial charge in [-0.05, 0) is 12.1 Å². The Balaban J connectivity index is 2.05. The number of aliphatic hydroxyl groups is 1. The summed E-state index contributed by atoms with van der Waals surface area (Å²) in [6.45, 7) is -0.522. The molecule has 3 atom stereocenters. The first-order valence-electron chi connectivity index (χ1n) is 6.94. The molecule has 0 aromatic heterocycles. The summed E-state index contributed by atoms with van der Waals surface area (Å²) in [5.74, 6) is -8.73. The summed E-state index contributed by atoms with van der Waals surface area (Å²) in [4.78, 5) is -0.645. The Hall–Kier alpha value is -1.42. The molecule has 4 nitrogen and oxygen atoms in total. The van der Waals surface area contributed by atoms with Gasteiger partial charge in [-0.15, -0.1) is 0 Å². The summed E-state index contributed by atoms with van der Waals surface area (Å²) in [5, 5.41) is 9.69. The lowest BCUT2D eigenvalue weighted by Gasteiger charge is -2.16. The molecular formula is C14H13F5O4S. The normalized spacial score (nSPS) is 30.0. The summed E-state index contributed by atoms with van der Waals surface area (Å²) in [7, 11) is -4.02. The minimum absolute atomic E-state index is 0.422. The first kappa shape index (κ1) is 17.4. The van der Waals surface area contributed by atoms with Gasteiger partial charge in [0.2, 0.25) is 0 Å². The standard InChI is InChI=1S/C14H13F5O4S/c1-24(21,22)8-3-2-7(23-5-6-4-13(6,16)17)9-10(8)12(20)14(18,19)11(9)15/h2-3,6,11-12,20H,4-5H2,1H3/t6-,11+,12-/m0/s1. The van der Waals surface area contributed by atoms with E-state index in [0.717, 1.165) is 18.4 Å². The van der Waals surface area contributed by atoms with Gasteiger partial charge in [0.25, 0.3) is 5.92 Å². The number of hydrogen-bond donors (Lipinski definition) is 1. The molecule has 0 amide bonds. The second-order valence-electron chi connectivity index (χ2n) is 6.07. The second kappa shape index (κ2) is 5.04. The van der Waals surface area contributed by atoms with Crippen LogP contribution in [-0.4, -0.2) is 38.2 Å². The highest BCUT2D eigenvalue weighted by molar-refractivity contribution is 7.90. The highest BCUT2D eigenvalue weighted by atomic mass is 32.2. The smallest absolute Gasteiger partial charge is 0.312 e. The van der Waals surface area contributed by atoms with Gasteiger partial charge >= 0.3 is 5.92 Å². The highest BCUT2D eigenvalue weighted by Gasteiger charge is 2.60. The molecular weight excluding hydrogens is 359 g/mol. The van der Waals surface area contributed by atoms with E-state index in [1.807, 2.05) is 0 Å². The average molecular weight is 372 g/mol. The van der Waals surface area contributed by atoms with Crippen LogP contribution in [0.15, 0.2) is 17.0 Å². The van der Waals surface area contributed by atoms with Crippen LogP contribution in [0.25, 0.3) is 0 Å². The largest absolute Gasteiger partial charge is 0.493 e. The van der Waals surface area contributed by atoms with E-state index in [1.54, 1.807) is 0 Å². The SMILES string of the molecule is CS(=O)(=O)c1ccc(OC[C@@H]2CC2(F)F)c2c1[C@H](O)C(F)(F)[C@@H]2F. The van der Waals surface area contributed by atoms with Crippen LogP contribution in [0.4, 0.5) is 22.0 Å². The highest BCUT2D eigenvalue weighted by Crippen LogP contribution is 2.57. The summed E-state index contributed by atoms with van der Waals surface area (Å²) < 4.78 is 95.9. The number of ether oxygens (including phenoxy) is 1. The van der Waals surface area contributed by atoms with E-state index in [1.165, 1.54) is 0 Å². The quantitative estimate of drug-likeness (QED) is 0.826. The van der Waals surface area contributed by atoms with Crippen LogP contribution >= 0.6 is 0 Å². The van der Waals surface area contributed by atoms with Gasteiger partial charge in [-0.25, -0.2) is 21.6 Å². The average Bonchev–Trinajstić information content (AvgIpc) is 3.03. The van der Waals surface area contributed by atoms with Crippen molar-refractivity contribution in [3.05, 3.63) is 23.3 Å². The zero-order valence-electron chi connectivity index (χ0n) is 12.3. The van der Waals surface area contributed by atoms with Gasteiger partial charge in [-0.1, -0.05) is 0 Å². The maximum atomic E-state index is 14.1. The topological polar surface area (TPSA) is 63.6 Å². The Bertz CT molecular complexity index is 793. The Labute approximate surface area is 134 Å². The maximum Gasteiger partial charge on any atom is 0.312 e. The van der Waals surface area contributed by atoms with Crippen LogP contribution in [0.1, 0.15) is 29.8 Å². The molecule has 0 spiro atoms. The Morgan fingerprint density at radius 2 is 1.83 bits per heavy atom. The summed E-state index contributed by atoms with van der Waals surface area (Å²) in [6.07, 6.45) is -5.37. The molecule has 1 saturated carbocycles. The van der Waals surface area contributed by atoms with Crippen molar-refractivity contribution in [1.29, 1.82) is 0 Å². The van der Waals surface area contributed by atoms with Crippen molar-refractivity contribution in [1.82, 2.24) is 0 Å². The molecule has 2 aliphatic rings. The van der Waals surface area contributed by atoms with Crippen molar-refractivity contribution in [2.45, 2.75) is 35.4 Å². The molecule has 0 radical (unpaired) electrons. The number of alkyl halides is 5. The molecule has 24 heavy (non-hydrogen) atoms. The van der Waals surface area contributed by atoms with Gasteiger partial charge in [-0.3, -0.25) is 0 Å². The number of fused-ring (bicyclic) bond motifs is 1. The van der Waals surface area contributed by atoms with Crippen molar-refractivity contribution in [3.63, 3.8) is 0 Å². The van der Waals surface area contributed by atoms with Gasteiger partial charge in [-0.2, -0.15) is 8.78 Å². The minimum Gasteiger partial charge on any atom is -0.493 e. The van der Waals surface area contributed by atoms with Crippen LogP contribution in [0.3, 0.4) is 0 Å². The molecule has 1 aromatic carbocycles. The van der Waals surface area contributed by atoms with E-state index in [0.29, 0.717) is 0 Å². The lowest BCUT2D eigenvalue weighted by Crippen LogP contribution is -2.24. The van der Waals surface area contributed by atoms with E-state index in [2.05, 4.69) is 0 Å². The maximum absolute atomic E-state index is 14.1. The predicted octanol–water partition coefficient (Wildman–Crippen LogP) is 2.82. The fourth-order valence-electron chi connectivity index (χ4n) is 2.75. The third-order valence-electron chi connectivity index (χ3n) is 4.23. The Morgan fingerprint density at radius 1 is 1.25 bits per heavy atom. The first-order chi connectivity index (χ1) is 10.9. The molecule has 1 N–H and O–H groups in total. The zero-order chi connectivity index (χ0) is 18.1. The van der Waals surface area contributed by atoms with Gasteiger partial charge < -0.3 is 9.84 Å². The molecule has 1 aromatic rings. The van der Waals surface area contributed by atoms with Crippen molar-refractivity contribution in [3.8, 4) is 5.75 Å². The lowest BCUT2D eigenvalue weighted by molar-refractivity contribution is -0.144. The van der Waals surface area contributed by atoms with E-state index < -0.39 is 74.7 Å². The molecule has 2 aliphatic carbocycles. The molecule has 0 unspecified atom stereocenters. The monoisotopic (exact) mass is 372 g/mol. The number of benzene rings is 1. The van der Waals surface area contributed by atoms with Gasteiger partial charge in [0.1, 0.15) is 11.9 Å². The summed E-state index contributed by atoms with van der Waals surface area (Å²) in [6, 6.07) is 1.84. The fraction of sp³-hybridized carbons (Fsp3) is 0.571. The summed E-state index contributed by atoms with van der Waals surface area (Å²) >= 11 is 0. The molecule has 10 heteroatoms. The van der Waals surface area contributed by atoms with Crippen LogP contribution < -0.4 is 4.74 Å². The molecule has 134 valence electrons. The third-order valence-corrected chi connectivity index (χ3v) is 5.39. The van der Waals surface area contributed by atoms with Crippen LogP contribution in [0.5, 0.6) is 5.75 Å². The Kier molecular flexibility index (Phi) is 3.66. The number of halogens is 5. The third kappa shape index (κ3) is 2.55. The molecule has 0 aliphatic heterocycles. The fourth-order valence-corrected chi connectivity index (χ4v) is 3.69. The van der Waals surface area contributed by atoms with Gasteiger partial charge in [0.05, 0.1) is 17.4 Å². The van der Waals surface area contributed by atoms with Crippen molar-refractivity contribution in [2.75, 3.05) is 12.9 Å². The molecule has 1 fully saturated rings. The van der Waals surface area contributed by atoms with Gasteiger partial charge in [0.15, 0.2) is 16.0 Å². The number of aliphatic hydroxyl groups excluding tert-OH is 1. The van der Waals surface area contributed by atoms with E-state index in [9.17, 15) is 35.5 Å². The first-order valence-corrected chi connectivity index (χ1v) is 8.84. The molecule has 0 bridgehead atoms.